The van der Waals surface area contributed by atoms with E-state index in [2.05, 4.69) is 5.16 Å². The molecule has 4 N–H and O–H groups in total. The Morgan fingerprint density at radius 3 is 2.48 bits per heavy atom. The Morgan fingerprint density at radius 1 is 1.19 bits per heavy atom. The van der Waals surface area contributed by atoms with Crippen molar-refractivity contribution in [2.24, 2.45) is 10.9 Å². The number of hydrogen-bond acceptors (Lipinski definition) is 4. The van der Waals surface area contributed by atoms with Crippen molar-refractivity contribution >= 4 is 5.84 Å². The maximum absolute atomic E-state index is 13.9. The highest BCUT2D eigenvalue weighted by atomic mass is 19.1. The molecule has 2 rings (SSSR count). The molecule has 0 aliphatic carbocycles. The molecule has 0 unspecified atom stereocenters. The number of aliphatic hydroxyl groups is 1. The zero-order chi connectivity index (χ0) is 15.2. The summed E-state index contributed by atoms with van der Waals surface area (Å²) in [5, 5.41) is 20.2. The smallest absolute Gasteiger partial charge is 0.170 e. The van der Waals surface area contributed by atoms with E-state index in [1.165, 1.54) is 12.1 Å². The van der Waals surface area contributed by atoms with Crippen LogP contribution < -0.4 is 10.5 Å². The van der Waals surface area contributed by atoms with E-state index in [-0.39, 0.29) is 23.8 Å². The van der Waals surface area contributed by atoms with Crippen LogP contribution in [0.1, 0.15) is 11.1 Å². The molecular formula is C15H15FN2O3. The van der Waals surface area contributed by atoms with Crippen LogP contribution in [0.25, 0.3) is 0 Å². The van der Waals surface area contributed by atoms with Crippen LogP contribution in [0.3, 0.4) is 0 Å². The van der Waals surface area contributed by atoms with Gasteiger partial charge in [-0.05, 0) is 42.3 Å². The number of ether oxygens (including phenoxy) is 1. The van der Waals surface area contributed by atoms with Gasteiger partial charge in [0.1, 0.15) is 5.75 Å². The molecule has 21 heavy (non-hydrogen) atoms. The van der Waals surface area contributed by atoms with Crippen molar-refractivity contribution in [1.29, 1.82) is 0 Å². The first-order valence-corrected chi connectivity index (χ1v) is 6.29. The molecule has 6 heteroatoms. The number of nitrogens with two attached hydrogens (primary N) is 1. The summed E-state index contributed by atoms with van der Waals surface area (Å²) in [4.78, 5) is 0. The first-order chi connectivity index (χ1) is 10.1. The second kappa shape index (κ2) is 6.71. The lowest BCUT2D eigenvalue weighted by atomic mass is 10.1. The highest BCUT2D eigenvalue weighted by Gasteiger charge is 2.08. The SMILES string of the molecule is N/C(=N/O)c1ccc(Oc2ccc(CCO)cc2)c(F)c1. The quantitative estimate of drug-likeness (QED) is 0.341. The summed E-state index contributed by atoms with van der Waals surface area (Å²) >= 11 is 0. The highest BCUT2D eigenvalue weighted by Crippen LogP contribution is 2.25. The monoisotopic (exact) mass is 290 g/mol. The number of amidine groups is 1. The maximum atomic E-state index is 13.9. The van der Waals surface area contributed by atoms with Gasteiger partial charge in [0.15, 0.2) is 17.4 Å². The van der Waals surface area contributed by atoms with Gasteiger partial charge in [-0.1, -0.05) is 17.3 Å². The van der Waals surface area contributed by atoms with E-state index in [1.54, 1.807) is 24.3 Å². The number of benzene rings is 2. The van der Waals surface area contributed by atoms with Crippen LogP contribution in [0, 0.1) is 5.82 Å². The lowest BCUT2D eigenvalue weighted by Gasteiger charge is -2.08. The van der Waals surface area contributed by atoms with Crippen molar-refractivity contribution < 1.29 is 19.4 Å². The molecule has 0 fully saturated rings. The van der Waals surface area contributed by atoms with Crippen LogP contribution in [0.2, 0.25) is 0 Å². The molecule has 5 nitrogen and oxygen atoms in total. The predicted molar refractivity (Wildman–Crippen MR) is 76.2 cm³/mol. The van der Waals surface area contributed by atoms with Gasteiger partial charge in [-0.3, -0.25) is 0 Å². The van der Waals surface area contributed by atoms with Crippen molar-refractivity contribution in [2.75, 3.05) is 6.61 Å². The van der Waals surface area contributed by atoms with Crippen molar-refractivity contribution in [3.05, 3.63) is 59.4 Å². The molecule has 0 saturated heterocycles. The summed E-state index contributed by atoms with van der Waals surface area (Å²) in [5.41, 5.74) is 6.61. The van der Waals surface area contributed by atoms with E-state index in [0.717, 1.165) is 11.6 Å². The molecule has 2 aromatic rings. The van der Waals surface area contributed by atoms with Crippen molar-refractivity contribution in [2.45, 2.75) is 6.42 Å². The highest BCUT2D eigenvalue weighted by molar-refractivity contribution is 5.97. The molecule has 0 aliphatic rings. The zero-order valence-electron chi connectivity index (χ0n) is 11.2. The molecule has 0 heterocycles. The van der Waals surface area contributed by atoms with Crippen molar-refractivity contribution in [3.8, 4) is 11.5 Å². The minimum Gasteiger partial charge on any atom is -0.454 e. The molecule has 0 radical (unpaired) electrons. The van der Waals surface area contributed by atoms with Gasteiger partial charge in [-0.25, -0.2) is 4.39 Å². The molecule has 0 amide bonds. The van der Waals surface area contributed by atoms with E-state index in [4.69, 9.17) is 20.8 Å². The largest absolute Gasteiger partial charge is 0.454 e. The van der Waals surface area contributed by atoms with Crippen LogP contribution in [0.15, 0.2) is 47.6 Å². The van der Waals surface area contributed by atoms with Crippen LogP contribution in [-0.2, 0) is 6.42 Å². The molecule has 0 aromatic heterocycles. The van der Waals surface area contributed by atoms with Crippen molar-refractivity contribution in [3.63, 3.8) is 0 Å². The Kier molecular flexibility index (Phi) is 4.73. The fourth-order valence-corrected chi connectivity index (χ4v) is 1.78. The number of hydrogen-bond donors (Lipinski definition) is 3. The Bertz CT molecular complexity index is 642. The van der Waals surface area contributed by atoms with Crippen LogP contribution in [0.4, 0.5) is 4.39 Å². The third kappa shape index (κ3) is 3.70. The summed E-state index contributed by atoms with van der Waals surface area (Å²) in [5.74, 6) is -0.265. The lowest BCUT2D eigenvalue weighted by molar-refractivity contribution is 0.299. The Morgan fingerprint density at radius 2 is 1.90 bits per heavy atom. The second-order valence-electron chi connectivity index (χ2n) is 4.35. The third-order valence-electron chi connectivity index (χ3n) is 2.89. The average Bonchev–Trinajstić information content (AvgIpc) is 2.50. The number of halogens is 1. The number of rotatable bonds is 5. The Labute approximate surface area is 121 Å². The minimum absolute atomic E-state index is 0.0411. The van der Waals surface area contributed by atoms with Crippen molar-refractivity contribution in [1.82, 2.24) is 0 Å². The topological polar surface area (TPSA) is 88.1 Å². The third-order valence-corrected chi connectivity index (χ3v) is 2.89. The van der Waals surface area contributed by atoms with E-state index in [1.807, 2.05) is 0 Å². The van der Waals surface area contributed by atoms with Gasteiger partial charge in [0.2, 0.25) is 0 Å². The first-order valence-electron chi connectivity index (χ1n) is 6.29. The molecular weight excluding hydrogens is 275 g/mol. The summed E-state index contributed by atoms with van der Waals surface area (Å²) in [7, 11) is 0. The first kappa shape index (κ1) is 14.8. The summed E-state index contributed by atoms with van der Waals surface area (Å²) in [6.07, 6.45) is 0.559. The standard InChI is InChI=1S/C15H15FN2O3/c16-13-9-11(15(17)18-20)3-6-14(13)21-12-4-1-10(2-5-12)7-8-19/h1-6,9,19-20H,7-8H2,(H2,17,18). The molecule has 0 bridgehead atoms. The Hall–Kier alpha value is -2.60. The zero-order valence-corrected chi connectivity index (χ0v) is 11.2. The number of nitrogens with zero attached hydrogens (tertiary/aromatic N) is 1. The second-order valence-corrected chi connectivity index (χ2v) is 4.35. The molecule has 0 atom stereocenters. The van der Waals surface area contributed by atoms with E-state index in [9.17, 15) is 4.39 Å². The van der Waals surface area contributed by atoms with Crippen LogP contribution >= 0.6 is 0 Å². The minimum atomic E-state index is -0.612. The Balaban J connectivity index is 2.16. The lowest BCUT2D eigenvalue weighted by Crippen LogP contribution is -2.13. The van der Waals surface area contributed by atoms with Gasteiger partial charge in [0.25, 0.3) is 0 Å². The summed E-state index contributed by atoms with van der Waals surface area (Å²) in [6.45, 7) is 0.0735. The molecule has 0 spiro atoms. The van der Waals surface area contributed by atoms with Crippen LogP contribution in [-0.4, -0.2) is 22.8 Å². The van der Waals surface area contributed by atoms with Gasteiger partial charge in [-0.15, -0.1) is 0 Å². The normalized spacial score (nSPS) is 11.4. The van der Waals surface area contributed by atoms with Gasteiger partial charge in [0.05, 0.1) is 0 Å². The number of aliphatic hydroxyl groups excluding tert-OH is 1. The average molecular weight is 290 g/mol. The fraction of sp³-hybridized carbons (Fsp3) is 0.133. The van der Waals surface area contributed by atoms with Gasteiger partial charge >= 0.3 is 0 Å². The van der Waals surface area contributed by atoms with Gasteiger partial charge in [0, 0.05) is 12.2 Å². The predicted octanol–water partition coefficient (Wildman–Crippen LogP) is 2.25. The molecule has 0 aliphatic heterocycles. The maximum Gasteiger partial charge on any atom is 0.170 e. The fourth-order valence-electron chi connectivity index (χ4n) is 1.78. The van der Waals surface area contributed by atoms with E-state index >= 15 is 0 Å². The molecule has 0 saturated carbocycles. The molecule has 2 aromatic carbocycles. The summed E-state index contributed by atoms with van der Waals surface area (Å²) < 4.78 is 19.3. The van der Waals surface area contributed by atoms with Crippen LogP contribution in [0.5, 0.6) is 11.5 Å². The number of oxime groups is 1. The van der Waals surface area contributed by atoms with Gasteiger partial charge < -0.3 is 20.8 Å². The van der Waals surface area contributed by atoms with E-state index < -0.39 is 5.82 Å². The molecule has 110 valence electrons. The summed E-state index contributed by atoms with van der Waals surface area (Å²) in [6, 6.07) is 11.0. The van der Waals surface area contributed by atoms with Gasteiger partial charge in [-0.2, -0.15) is 0 Å². The van der Waals surface area contributed by atoms with E-state index in [0.29, 0.717) is 12.2 Å².